The van der Waals surface area contributed by atoms with E-state index in [1.807, 2.05) is 40.7 Å². The molecule has 1 heterocycles. The number of halogens is 2. The van der Waals surface area contributed by atoms with Crippen LogP contribution in [-0.2, 0) is 9.31 Å². The molecular formula is C13H17BBrFO2. The average molecular weight is 315 g/mol. The number of rotatable bonds is 1. The van der Waals surface area contributed by atoms with Gasteiger partial charge in [-0.3, -0.25) is 0 Å². The Kier molecular flexibility index (Phi) is 3.37. The van der Waals surface area contributed by atoms with E-state index in [0.29, 0.717) is 9.94 Å². The van der Waals surface area contributed by atoms with Gasteiger partial charge in [-0.05, 0) is 62.2 Å². The summed E-state index contributed by atoms with van der Waals surface area (Å²) in [6.07, 6.45) is 0. The van der Waals surface area contributed by atoms with E-state index < -0.39 is 18.3 Å². The lowest BCUT2D eigenvalue weighted by Gasteiger charge is -2.32. The molecule has 0 aromatic heterocycles. The van der Waals surface area contributed by atoms with E-state index in [2.05, 4.69) is 15.9 Å². The smallest absolute Gasteiger partial charge is 0.399 e. The normalized spacial score (nSPS) is 21.4. The molecule has 1 aromatic rings. The third-order valence-corrected chi connectivity index (χ3v) is 4.45. The fraction of sp³-hybridized carbons (Fsp3) is 0.538. The van der Waals surface area contributed by atoms with Gasteiger partial charge in [0.2, 0.25) is 0 Å². The lowest BCUT2D eigenvalue weighted by Crippen LogP contribution is -2.41. The van der Waals surface area contributed by atoms with Crippen molar-refractivity contribution in [1.29, 1.82) is 0 Å². The molecule has 0 atom stereocenters. The molecule has 2 rings (SSSR count). The van der Waals surface area contributed by atoms with Crippen molar-refractivity contribution in [2.75, 3.05) is 0 Å². The van der Waals surface area contributed by atoms with Crippen molar-refractivity contribution < 1.29 is 13.7 Å². The van der Waals surface area contributed by atoms with Crippen molar-refractivity contribution in [2.24, 2.45) is 0 Å². The molecule has 0 radical (unpaired) electrons. The van der Waals surface area contributed by atoms with E-state index in [4.69, 9.17) is 9.31 Å². The van der Waals surface area contributed by atoms with Gasteiger partial charge in [0.25, 0.3) is 0 Å². The maximum atomic E-state index is 14.2. The molecule has 1 fully saturated rings. The van der Waals surface area contributed by atoms with E-state index in [9.17, 15) is 4.39 Å². The molecule has 0 spiro atoms. The van der Waals surface area contributed by atoms with Crippen LogP contribution in [0, 0.1) is 12.7 Å². The van der Waals surface area contributed by atoms with Crippen LogP contribution >= 0.6 is 15.9 Å². The zero-order chi connectivity index (χ0) is 13.7. The van der Waals surface area contributed by atoms with Crippen LogP contribution in [0.4, 0.5) is 4.39 Å². The number of benzene rings is 1. The van der Waals surface area contributed by atoms with E-state index in [1.54, 1.807) is 6.07 Å². The SMILES string of the molecule is Cc1ccc(Br)c(F)c1B1OC(C)(C)C(C)(C)O1. The third kappa shape index (κ3) is 2.13. The Morgan fingerprint density at radius 3 is 2.11 bits per heavy atom. The second kappa shape index (κ2) is 4.32. The lowest BCUT2D eigenvalue weighted by molar-refractivity contribution is 0.00578. The predicted octanol–water partition coefficient (Wildman–Crippen LogP) is 3.20. The summed E-state index contributed by atoms with van der Waals surface area (Å²) in [7, 11) is -0.660. The van der Waals surface area contributed by atoms with Crippen LogP contribution in [-0.4, -0.2) is 18.3 Å². The summed E-state index contributed by atoms with van der Waals surface area (Å²) in [5, 5.41) is 0. The van der Waals surface area contributed by atoms with Crippen molar-refractivity contribution in [1.82, 2.24) is 0 Å². The topological polar surface area (TPSA) is 18.5 Å². The first-order valence-corrected chi connectivity index (χ1v) is 6.75. The molecule has 0 aliphatic carbocycles. The molecule has 0 amide bonds. The van der Waals surface area contributed by atoms with Gasteiger partial charge in [-0.15, -0.1) is 0 Å². The fourth-order valence-corrected chi connectivity index (χ4v) is 2.26. The van der Waals surface area contributed by atoms with Crippen LogP contribution in [0.25, 0.3) is 0 Å². The second-order valence-corrected chi connectivity index (χ2v) is 6.53. The summed E-state index contributed by atoms with van der Waals surface area (Å²) in [4.78, 5) is 0. The van der Waals surface area contributed by atoms with Gasteiger partial charge in [0.15, 0.2) is 0 Å². The quantitative estimate of drug-likeness (QED) is 0.741. The Balaban J connectivity index is 2.44. The summed E-state index contributed by atoms with van der Waals surface area (Å²) in [5.41, 5.74) is 0.384. The van der Waals surface area contributed by atoms with Crippen LogP contribution in [0.1, 0.15) is 33.3 Å². The Bertz CT molecular complexity index is 472. The van der Waals surface area contributed by atoms with Crippen LogP contribution in [0.2, 0.25) is 0 Å². The Morgan fingerprint density at radius 1 is 1.11 bits per heavy atom. The average Bonchev–Trinajstić information content (AvgIpc) is 2.43. The molecule has 98 valence electrons. The standard InChI is InChI=1S/C13H17BBrFO2/c1-8-6-7-9(15)11(16)10(8)14-17-12(2,3)13(4,5)18-14/h6-7H,1-5H3. The molecule has 5 heteroatoms. The largest absolute Gasteiger partial charge is 0.498 e. The first-order chi connectivity index (χ1) is 8.16. The van der Waals surface area contributed by atoms with Crippen molar-refractivity contribution in [2.45, 2.75) is 45.8 Å². The summed E-state index contributed by atoms with van der Waals surface area (Å²) >= 11 is 3.20. The highest BCUT2D eigenvalue weighted by molar-refractivity contribution is 9.10. The molecule has 1 aliphatic heterocycles. The molecule has 1 aromatic carbocycles. The van der Waals surface area contributed by atoms with E-state index in [1.165, 1.54) is 0 Å². The summed E-state index contributed by atoms with van der Waals surface area (Å²) < 4.78 is 26.4. The van der Waals surface area contributed by atoms with Gasteiger partial charge in [-0.1, -0.05) is 6.07 Å². The summed E-state index contributed by atoms with van der Waals surface area (Å²) in [6.45, 7) is 9.68. The lowest BCUT2D eigenvalue weighted by atomic mass is 9.76. The summed E-state index contributed by atoms with van der Waals surface area (Å²) in [5.74, 6) is -0.312. The molecule has 0 bridgehead atoms. The van der Waals surface area contributed by atoms with E-state index >= 15 is 0 Å². The number of hydrogen-bond donors (Lipinski definition) is 0. The van der Waals surface area contributed by atoms with Gasteiger partial charge in [-0.2, -0.15) is 0 Å². The molecule has 0 unspecified atom stereocenters. The second-order valence-electron chi connectivity index (χ2n) is 5.68. The van der Waals surface area contributed by atoms with Gasteiger partial charge in [0.1, 0.15) is 5.82 Å². The molecule has 1 aliphatic rings. The van der Waals surface area contributed by atoms with Crippen molar-refractivity contribution >= 4 is 28.5 Å². The minimum absolute atomic E-state index is 0.312. The molecule has 0 N–H and O–H groups in total. The fourth-order valence-electron chi connectivity index (χ4n) is 1.91. The van der Waals surface area contributed by atoms with Crippen LogP contribution in [0.15, 0.2) is 16.6 Å². The van der Waals surface area contributed by atoms with Gasteiger partial charge in [0.05, 0.1) is 15.7 Å². The Hall–Kier alpha value is -0.385. The molecular weight excluding hydrogens is 298 g/mol. The van der Waals surface area contributed by atoms with Gasteiger partial charge >= 0.3 is 7.12 Å². The van der Waals surface area contributed by atoms with Gasteiger partial charge in [-0.25, -0.2) is 4.39 Å². The maximum Gasteiger partial charge on any atom is 0.498 e. The first kappa shape index (κ1) is 14.0. The minimum Gasteiger partial charge on any atom is -0.399 e. The third-order valence-electron chi connectivity index (χ3n) is 3.84. The maximum absolute atomic E-state index is 14.2. The monoisotopic (exact) mass is 314 g/mol. The predicted molar refractivity (Wildman–Crippen MR) is 74.6 cm³/mol. The zero-order valence-electron chi connectivity index (χ0n) is 11.3. The van der Waals surface area contributed by atoms with Crippen LogP contribution < -0.4 is 5.46 Å². The minimum atomic E-state index is -0.660. The number of hydrogen-bond acceptors (Lipinski definition) is 2. The zero-order valence-corrected chi connectivity index (χ0v) is 12.9. The van der Waals surface area contributed by atoms with Crippen molar-refractivity contribution in [3.8, 4) is 0 Å². The molecule has 2 nitrogen and oxygen atoms in total. The molecule has 1 saturated heterocycles. The van der Waals surface area contributed by atoms with Crippen LogP contribution in [0.5, 0.6) is 0 Å². The van der Waals surface area contributed by atoms with Crippen molar-refractivity contribution in [3.63, 3.8) is 0 Å². The Morgan fingerprint density at radius 2 is 1.61 bits per heavy atom. The highest BCUT2D eigenvalue weighted by Gasteiger charge is 2.52. The molecule has 0 saturated carbocycles. The van der Waals surface area contributed by atoms with Gasteiger partial charge < -0.3 is 9.31 Å². The Labute approximate surface area is 116 Å². The first-order valence-electron chi connectivity index (χ1n) is 5.96. The highest BCUT2D eigenvalue weighted by Crippen LogP contribution is 2.37. The number of aryl methyl sites for hydroxylation is 1. The summed E-state index contributed by atoms with van der Waals surface area (Å²) in [6, 6.07) is 3.55. The molecule has 18 heavy (non-hydrogen) atoms. The van der Waals surface area contributed by atoms with Gasteiger partial charge in [0, 0.05) is 5.46 Å². The van der Waals surface area contributed by atoms with Crippen molar-refractivity contribution in [3.05, 3.63) is 28.0 Å². The van der Waals surface area contributed by atoms with E-state index in [-0.39, 0.29) is 5.82 Å². The van der Waals surface area contributed by atoms with Crippen LogP contribution in [0.3, 0.4) is 0 Å². The highest BCUT2D eigenvalue weighted by atomic mass is 79.9. The van der Waals surface area contributed by atoms with E-state index in [0.717, 1.165) is 5.56 Å².